The second-order valence-electron chi connectivity index (χ2n) is 5.33. The Hall–Kier alpha value is -1.98. The predicted molar refractivity (Wildman–Crippen MR) is 76.8 cm³/mol. The van der Waals surface area contributed by atoms with Crippen molar-refractivity contribution in [2.24, 2.45) is 5.92 Å². The number of ether oxygens (including phenoxy) is 1. The zero-order valence-corrected chi connectivity index (χ0v) is 12.8. The van der Waals surface area contributed by atoms with Crippen LogP contribution < -0.4 is 0 Å². The van der Waals surface area contributed by atoms with Crippen LogP contribution in [0, 0.1) is 19.8 Å². The standard InChI is InChI=1S/C15H21N3O3/c1-4-21-15(20)12-6-5-7-18(9-12)14(19)13-8-10(2)16-17-11(13)3/h8,12H,4-7,9H2,1-3H3/t12-/m1/s1. The van der Waals surface area contributed by atoms with E-state index in [1.807, 2.05) is 0 Å². The van der Waals surface area contributed by atoms with Crippen molar-refractivity contribution in [2.75, 3.05) is 19.7 Å². The van der Waals surface area contributed by atoms with Gasteiger partial charge in [-0.1, -0.05) is 0 Å². The Bertz CT molecular complexity index is 545. The normalized spacial score (nSPS) is 18.4. The van der Waals surface area contributed by atoms with E-state index in [1.54, 1.807) is 31.7 Å². The Balaban J connectivity index is 2.12. The summed E-state index contributed by atoms with van der Waals surface area (Å²) in [5.41, 5.74) is 1.89. The van der Waals surface area contributed by atoms with Gasteiger partial charge >= 0.3 is 5.97 Å². The van der Waals surface area contributed by atoms with E-state index in [1.165, 1.54) is 0 Å². The van der Waals surface area contributed by atoms with E-state index in [2.05, 4.69) is 10.2 Å². The van der Waals surface area contributed by atoms with Gasteiger partial charge in [-0.05, 0) is 39.7 Å². The van der Waals surface area contributed by atoms with Crippen LogP contribution in [0.15, 0.2) is 6.07 Å². The van der Waals surface area contributed by atoms with Gasteiger partial charge in [0, 0.05) is 13.1 Å². The van der Waals surface area contributed by atoms with Gasteiger partial charge in [-0.15, -0.1) is 0 Å². The molecule has 0 radical (unpaired) electrons. The van der Waals surface area contributed by atoms with Crippen molar-refractivity contribution < 1.29 is 14.3 Å². The van der Waals surface area contributed by atoms with Crippen LogP contribution >= 0.6 is 0 Å². The van der Waals surface area contributed by atoms with Crippen molar-refractivity contribution >= 4 is 11.9 Å². The van der Waals surface area contributed by atoms with Gasteiger partial charge in [0.2, 0.25) is 0 Å². The van der Waals surface area contributed by atoms with Crippen molar-refractivity contribution in [3.05, 3.63) is 23.0 Å². The summed E-state index contributed by atoms with van der Waals surface area (Å²) in [4.78, 5) is 26.2. The number of esters is 1. The third-order valence-corrected chi connectivity index (χ3v) is 3.66. The van der Waals surface area contributed by atoms with Crippen molar-refractivity contribution in [1.29, 1.82) is 0 Å². The van der Waals surface area contributed by atoms with Crippen LogP contribution in [0.1, 0.15) is 41.5 Å². The summed E-state index contributed by atoms with van der Waals surface area (Å²) < 4.78 is 5.06. The molecule has 114 valence electrons. The van der Waals surface area contributed by atoms with Gasteiger partial charge in [-0.2, -0.15) is 10.2 Å². The number of carbonyl (C=O) groups is 2. The SMILES string of the molecule is CCOC(=O)[C@@H]1CCCN(C(=O)c2cc(C)nnc2C)C1. The number of amides is 1. The molecule has 0 N–H and O–H groups in total. The second kappa shape index (κ2) is 6.65. The highest BCUT2D eigenvalue weighted by Crippen LogP contribution is 2.20. The third-order valence-electron chi connectivity index (χ3n) is 3.66. The molecule has 2 heterocycles. The first-order valence-electron chi connectivity index (χ1n) is 7.29. The van der Waals surface area contributed by atoms with E-state index < -0.39 is 0 Å². The van der Waals surface area contributed by atoms with E-state index in [9.17, 15) is 9.59 Å². The molecule has 1 amide bonds. The quantitative estimate of drug-likeness (QED) is 0.789. The molecule has 0 bridgehead atoms. The van der Waals surface area contributed by atoms with Gasteiger partial charge in [0.05, 0.1) is 29.5 Å². The Kier molecular flexibility index (Phi) is 4.88. The van der Waals surface area contributed by atoms with Gasteiger partial charge in [-0.3, -0.25) is 9.59 Å². The van der Waals surface area contributed by atoms with E-state index in [0.29, 0.717) is 36.6 Å². The largest absolute Gasteiger partial charge is 0.466 e. The number of aromatic nitrogens is 2. The lowest BCUT2D eigenvalue weighted by molar-refractivity contribution is -0.149. The number of piperidine rings is 1. The van der Waals surface area contributed by atoms with Gasteiger partial charge < -0.3 is 9.64 Å². The lowest BCUT2D eigenvalue weighted by Gasteiger charge is -2.31. The molecule has 6 nitrogen and oxygen atoms in total. The maximum Gasteiger partial charge on any atom is 0.310 e. The second-order valence-corrected chi connectivity index (χ2v) is 5.33. The fraction of sp³-hybridized carbons (Fsp3) is 0.600. The fourth-order valence-corrected chi connectivity index (χ4v) is 2.55. The Morgan fingerprint density at radius 3 is 2.86 bits per heavy atom. The molecule has 1 aliphatic rings. The number of carbonyl (C=O) groups excluding carboxylic acids is 2. The van der Waals surface area contributed by atoms with Gasteiger partial charge in [0.25, 0.3) is 5.91 Å². The van der Waals surface area contributed by atoms with Crippen molar-refractivity contribution in [1.82, 2.24) is 15.1 Å². The third kappa shape index (κ3) is 3.56. The lowest BCUT2D eigenvalue weighted by atomic mass is 9.97. The first-order chi connectivity index (χ1) is 10.0. The van der Waals surface area contributed by atoms with Crippen LogP contribution in [-0.2, 0) is 9.53 Å². The number of rotatable bonds is 3. The maximum absolute atomic E-state index is 12.6. The van der Waals surface area contributed by atoms with Crippen LogP contribution in [-0.4, -0.2) is 46.7 Å². The Labute approximate surface area is 124 Å². The summed E-state index contributed by atoms with van der Waals surface area (Å²) in [5, 5.41) is 7.93. The molecule has 1 fully saturated rings. The number of aryl methyl sites for hydroxylation is 2. The van der Waals surface area contributed by atoms with E-state index in [4.69, 9.17) is 4.74 Å². The molecule has 1 atom stereocenters. The fourth-order valence-electron chi connectivity index (χ4n) is 2.55. The zero-order valence-electron chi connectivity index (χ0n) is 12.8. The van der Waals surface area contributed by atoms with Gasteiger partial charge in [0.15, 0.2) is 0 Å². The Morgan fingerprint density at radius 2 is 2.14 bits per heavy atom. The molecule has 0 spiro atoms. The molecule has 6 heteroatoms. The van der Waals surface area contributed by atoms with Gasteiger partial charge in [-0.25, -0.2) is 0 Å². The Morgan fingerprint density at radius 1 is 1.38 bits per heavy atom. The summed E-state index contributed by atoms with van der Waals surface area (Å²) in [6.45, 7) is 6.82. The number of nitrogens with zero attached hydrogens (tertiary/aromatic N) is 3. The van der Waals surface area contributed by atoms with Crippen LogP contribution in [0.3, 0.4) is 0 Å². The topological polar surface area (TPSA) is 72.4 Å². The average Bonchev–Trinajstić information content (AvgIpc) is 2.49. The molecule has 0 unspecified atom stereocenters. The summed E-state index contributed by atoms with van der Waals surface area (Å²) in [6, 6.07) is 1.75. The molecule has 0 aliphatic carbocycles. The van der Waals surface area contributed by atoms with E-state index >= 15 is 0 Å². The number of hydrogen-bond donors (Lipinski definition) is 0. The summed E-state index contributed by atoms with van der Waals surface area (Å²) in [5.74, 6) is -0.519. The van der Waals surface area contributed by atoms with Crippen molar-refractivity contribution in [3.63, 3.8) is 0 Å². The minimum absolute atomic E-state index is 0.0838. The number of hydrogen-bond acceptors (Lipinski definition) is 5. The highest BCUT2D eigenvalue weighted by molar-refractivity contribution is 5.95. The molecule has 0 saturated carbocycles. The predicted octanol–water partition coefficient (Wildman–Crippen LogP) is 1.51. The van der Waals surface area contributed by atoms with Crippen molar-refractivity contribution in [2.45, 2.75) is 33.6 Å². The van der Waals surface area contributed by atoms with Gasteiger partial charge in [0.1, 0.15) is 0 Å². The smallest absolute Gasteiger partial charge is 0.310 e. The summed E-state index contributed by atoms with van der Waals surface area (Å²) >= 11 is 0. The molecular formula is C15H21N3O3. The minimum Gasteiger partial charge on any atom is -0.466 e. The zero-order chi connectivity index (χ0) is 15.4. The molecule has 1 aromatic heterocycles. The van der Waals surface area contributed by atoms with Crippen LogP contribution in [0.4, 0.5) is 0 Å². The first-order valence-corrected chi connectivity index (χ1v) is 7.29. The van der Waals surface area contributed by atoms with E-state index in [-0.39, 0.29) is 17.8 Å². The molecule has 21 heavy (non-hydrogen) atoms. The van der Waals surface area contributed by atoms with Crippen LogP contribution in [0.25, 0.3) is 0 Å². The first kappa shape index (κ1) is 15.4. The monoisotopic (exact) mass is 291 g/mol. The van der Waals surface area contributed by atoms with Crippen LogP contribution in [0.2, 0.25) is 0 Å². The average molecular weight is 291 g/mol. The van der Waals surface area contributed by atoms with E-state index in [0.717, 1.165) is 12.8 Å². The highest BCUT2D eigenvalue weighted by Gasteiger charge is 2.30. The molecular weight excluding hydrogens is 270 g/mol. The minimum atomic E-state index is -0.223. The molecule has 1 aliphatic heterocycles. The number of likely N-dealkylation sites (tertiary alicyclic amines) is 1. The molecule has 2 rings (SSSR count). The lowest BCUT2D eigenvalue weighted by Crippen LogP contribution is -2.43. The highest BCUT2D eigenvalue weighted by atomic mass is 16.5. The summed E-state index contributed by atoms with van der Waals surface area (Å²) in [6.07, 6.45) is 1.58. The van der Waals surface area contributed by atoms with Crippen molar-refractivity contribution in [3.8, 4) is 0 Å². The summed E-state index contributed by atoms with van der Waals surface area (Å²) in [7, 11) is 0. The van der Waals surface area contributed by atoms with Crippen LogP contribution in [0.5, 0.6) is 0 Å². The molecule has 1 aromatic rings. The molecule has 0 aromatic carbocycles. The molecule has 1 saturated heterocycles. The maximum atomic E-state index is 12.6.